The summed E-state index contributed by atoms with van der Waals surface area (Å²) in [6, 6.07) is 4.87. The average Bonchev–Trinajstić information content (AvgIpc) is 3.41. The topological polar surface area (TPSA) is 96.4 Å². The van der Waals surface area contributed by atoms with E-state index in [1.54, 1.807) is 17.9 Å². The molecule has 2 amide bonds. The van der Waals surface area contributed by atoms with Crippen molar-refractivity contribution in [1.29, 1.82) is 0 Å². The molecular weight excluding hydrogens is 424 g/mol. The van der Waals surface area contributed by atoms with Gasteiger partial charge in [0.15, 0.2) is 0 Å². The lowest BCUT2D eigenvalue weighted by Gasteiger charge is -2.37. The quantitative estimate of drug-likeness (QED) is 0.473. The number of carbonyl (C=O) groups is 3. The summed E-state index contributed by atoms with van der Waals surface area (Å²) in [5.41, 5.74) is 1.52. The Labute approximate surface area is 194 Å². The molecule has 3 saturated heterocycles. The Balaban J connectivity index is 1.79. The number of aliphatic hydroxyl groups excluding tert-OH is 1. The fourth-order valence-electron chi connectivity index (χ4n) is 6.09. The van der Waals surface area contributed by atoms with Gasteiger partial charge in [-0.2, -0.15) is 0 Å². The minimum Gasteiger partial charge on any atom is -0.466 e. The van der Waals surface area contributed by atoms with Crippen LogP contribution in [0.5, 0.6) is 0 Å². The number of para-hydroxylation sites is 1. The number of esters is 1. The zero-order chi connectivity index (χ0) is 23.9. The van der Waals surface area contributed by atoms with Crippen molar-refractivity contribution in [3.63, 3.8) is 0 Å². The van der Waals surface area contributed by atoms with E-state index in [0.29, 0.717) is 12.8 Å². The van der Waals surface area contributed by atoms with Crippen LogP contribution in [0, 0.1) is 25.7 Å². The summed E-state index contributed by atoms with van der Waals surface area (Å²) < 4.78 is 11.6. The third kappa shape index (κ3) is 3.47. The number of ether oxygens (including phenoxy) is 2. The number of benzene rings is 1. The van der Waals surface area contributed by atoms with Gasteiger partial charge in [0.2, 0.25) is 5.91 Å². The normalized spacial score (nSPS) is 29.8. The summed E-state index contributed by atoms with van der Waals surface area (Å²) in [7, 11) is 0. The fraction of sp³-hybridized carbons (Fsp3) is 0.560. The Bertz CT molecular complexity index is 957. The maximum Gasteiger partial charge on any atom is 0.312 e. The molecule has 178 valence electrons. The maximum atomic E-state index is 14.2. The van der Waals surface area contributed by atoms with Crippen LogP contribution in [0.3, 0.4) is 0 Å². The standard InChI is InChI=1S/C25H32N2O6/c1-5-12-26(20-15(3)8-7-9-16(20)4)23(30)21-25-11-10-17(33-25)18(24(31)32-6-2)19(25)22(29)27(21)13-14-28/h5,7-9,17-19,21,28H,1,6,10-14H2,2-4H3/t17-,18+,19+,21-,25+/m1/s1. The zero-order valence-electron chi connectivity index (χ0n) is 19.5. The second kappa shape index (κ2) is 8.91. The van der Waals surface area contributed by atoms with Gasteiger partial charge < -0.3 is 24.4 Å². The smallest absolute Gasteiger partial charge is 0.312 e. The molecule has 5 atom stereocenters. The van der Waals surface area contributed by atoms with Gasteiger partial charge in [0.25, 0.3) is 5.91 Å². The van der Waals surface area contributed by atoms with E-state index in [-0.39, 0.29) is 38.1 Å². The van der Waals surface area contributed by atoms with Crippen molar-refractivity contribution in [3.05, 3.63) is 42.0 Å². The van der Waals surface area contributed by atoms with Crippen LogP contribution in [0.1, 0.15) is 30.9 Å². The molecule has 3 aliphatic rings. The van der Waals surface area contributed by atoms with Gasteiger partial charge in [0, 0.05) is 18.8 Å². The Morgan fingerprint density at radius 2 is 2.06 bits per heavy atom. The molecule has 2 bridgehead atoms. The highest BCUT2D eigenvalue weighted by atomic mass is 16.6. The molecule has 8 nitrogen and oxygen atoms in total. The van der Waals surface area contributed by atoms with Crippen LogP contribution < -0.4 is 4.90 Å². The molecule has 3 fully saturated rings. The number of hydrogen-bond acceptors (Lipinski definition) is 6. The Kier molecular flexibility index (Phi) is 6.33. The summed E-state index contributed by atoms with van der Waals surface area (Å²) in [5.74, 6) is -2.61. The van der Waals surface area contributed by atoms with Crippen LogP contribution in [0.25, 0.3) is 0 Å². The molecule has 0 saturated carbocycles. The third-order valence-corrected chi connectivity index (χ3v) is 7.22. The van der Waals surface area contributed by atoms with Crippen LogP contribution in [-0.4, -0.2) is 71.8 Å². The molecule has 3 heterocycles. The van der Waals surface area contributed by atoms with E-state index in [1.807, 2.05) is 32.0 Å². The number of nitrogens with zero attached hydrogens (tertiary/aromatic N) is 2. The molecule has 1 N–H and O–H groups in total. The van der Waals surface area contributed by atoms with Crippen LogP contribution in [0.4, 0.5) is 5.69 Å². The second-order valence-electron chi connectivity index (χ2n) is 9.04. The van der Waals surface area contributed by atoms with Gasteiger partial charge in [-0.15, -0.1) is 6.58 Å². The molecule has 1 aromatic carbocycles. The van der Waals surface area contributed by atoms with Crippen LogP contribution in [0.2, 0.25) is 0 Å². The average molecular weight is 457 g/mol. The molecule has 0 aliphatic carbocycles. The van der Waals surface area contributed by atoms with Crippen molar-refractivity contribution >= 4 is 23.5 Å². The minimum atomic E-state index is -1.11. The lowest BCUT2D eigenvalue weighted by Crippen LogP contribution is -2.57. The van der Waals surface area contributed by atoms with E-state index >= 15 is 0 Å². The molecule has 8 heteroatoms. The first kappa shape index (κ1) is 23.4. The van der Waals surface area contributed by atoms with E-state index < -0.39 is 35.6 Å². The number of β-amino-alcohol motifs (C(OH)–C–C–N with tert-alkyl or cyclic N) is 1. The first-order valence-electron chi connectivity index (χ1n) is 11.6. The van der Waals surface area contributed by atoms with Gasteiger partial charge in [-0.3, -0.25) is 14.4 Å². The molecule has 4 rings (SSSR count). The number of aryl methyl sites for hydroxylation is 2. The Morgan fingerprint density at radius 1 is 1.36 bits per heavy atom. The first-order valence-corrected chi connectivity index (χ1v) is 11.6. The van der Waals surface area contributed by atoms with Crippen molar-refractivity contribution in [1.82, 2.24) is 4.90 Å². The monoisotopic (exact) mass is 456 g/mol. The van der Waals surface area contributed by atoms with Gasteiger partial charge in [0.05, 0.1) is 31.2 Å². The first-order chi connectivity index (χ1) is 15.8. The number of amides is 2. The molecule has 3 aliphatic heterocycles. The molecule has 1 spiro atoms. The molecule has 0 unspecified atom stereocenters. The summed E-state index contributed by atoms with van der Waals surface area (Å²) >= 11 is 0. The van der Waals surface area contributed by atoms with E-state index in [1.165, 1.54) is 4.90 Å². The van der Waals surface area contributed by atoms with Crippen LogP contribution >= 0.6 is 0 Å². The van der Waals surface area contributed by atoms with Gasteiger partial charge in [-0.25, -0.2) is 0 Å². The van der Waals surface area contributed by atoms with E-state index in [2.05, 4.69) is 6.58 Å². The molecule has 0 aromatic heterocycles. The molecular formula is C25H32N2O6. The Hall–Kier alpha value is -2.71. The number of carbonyl (C=O) groups excluding carboxylic acids is 3. The van der Waals surface area contributed by atoms with Gasteiger partial charge in [0.1, 0.15) is 11.6 Å². The number of rotatable bonds is 8. The van der Waals surface area contributed by atoms with Gasteiger partial charge in [-0.1, -0.05) is 24.3 Å². The lowest BCUT2D eigenvalue weighted by atomic mass is 9.70. The van der Waals surface area contributed by atoms with E-state index in [4.69, 9.17) is 9.47 Å². The van der Waals surface area contributed by atoms with Crippen molar-refractivity contribution in [2.45, 2.75) is 51.4 Å². The summed E-state index contributed by atoms with van der Waals surface area (Å²) in [6.07, 6.45) is 2.28. The molecule has 33 heavy (non-hydrogen) atoms. The maximum absolute atomic E-state index is 14.2. The predicted molar refractivity (Wildman–Crippen MR) is 122 cm³/mol. The highest BCUT2D eigenvalue weighted by molar-refractivity contribution is 6.05. The van der Waals surface area contributed by atoms with Crippen molar-refractivity contribution < 1.29 is 29.0 Å². The largest absolute Gasteiger partial charge is 0.466 e. The number of likely N-dealkylation sites (tertiary alicyclic amines) is 1. The van der Waals surface area contributed by atoms with Gasteiger partial charge in [-0.05, 0) is 44.7 Å². The fourth-order valence-corrected chi connectivity index (χ4v) is 6.09. The number of hydrogen-bond donors (Lipinski definition) is 1. The highest BCUT2D eigenvalue weighted by Crippen LogP contribution is 2.58. The second-order valence-corrected chi connectivity index (χ2v) is 9.04. The third-order valence-electron chi connectivity index (χ3n) is 7.22. The predicted octanol–water partition coefficient (Wildman–Crippen LogP) is 1.75. The summed E-state index contributed by atoms with van der Waals surface area (Å²) in [6.45, 7) is 9.58. The van der Waals surface area contributed by atoms with E-state index in [9.17, 15) is 19.5 Å². The van der Waals surface area contributed by atoms with Crippen LogP contribution in [-0.2, 0) is 23.9 Å². The zero-order valence-corrected chi connectivity index (χ0v) is 19.5. The number of fused-ring (bicyclic) bond motifs is 1. The summed E-state index contributed by atoms with van der Waals surface area (Å²) in [5, 5.41) is 9.71. The lowest BCUT2D eigenvalue weighted by molar-refractivity contribution is -0.154. The minimum absolute atomic E-state index is 0.00819. The molecule has 0 radical (unpaired) electrons. The van der Waals surface area contributed by atoms with Crippen molar-refractivity contribution in [2.24, 2.45) is 11.8 Å². The van der Waals surface area contributed by atoms with Crippen molar-refractivity contribution in [2.75, 3.05) is 31.2 Å². The highest BCUT2D eigenvalue weighted by Gasteiger charge is 2.75. The Morgan fingerprint density at radius 3 is 2.67 bits per heavy atom. The molecule has 1 aromatic rings. The summed E-state index contributed by atoms with van der Waals surface area (Å²) in [4.78, 5) is 43.6. The van der Waals surface area contributed by atoms with Gasteiger partial charge >= 0.3 is 5.97 Å². The SMILES string of the molecule is C=CCN(C(=O)[C@H]1N(CCO)C(=O)[C@@H]2[C@@H](C(=O)OCC)[C@H]3CC[C@]21O3)c1c(C)cccc1C. The van der Waals surface area contributed by atoms with Crippen molar-refractivity contribution in [3.8, 4) is 0 Å². The number of anilines is 1. The van der Waals surface area contributed by atoms with E-state index in [0.717, 1.165) is 16.8 Å². The number of aliphatic hydroxyl groups is 1. The van der Waals surface area contributed by atoms with Crippen LogP contribution in [0.15, 0.2) is 30.9 Å².